The minimum absolute atomic E-state index is 0.656. The number of hydrogen-bond donors (Lipinski definition) is 1. The average Bonchev–Trinajstić information content (AvgIpc) is 2.32. The Bertz CT molecular complexity index is 389. The highest BCUT2D eigenvalue weighted by molar-refractivity contribution is 5.35. The zero-order valence-corrected chi connectivity index (χ0v) is 13.0. The second kappa shape index (κ2) is 8.16. The lowest BCUT2D eigenvalue weighted by Gasteiger charge is -2.15. The van der Waals surface area contributed by atoms with Crippen molar-refractivity contribution in [3.05, 3.63) is 22.9 Å². The molecule has 0 aliphatic rings. The molecular weight excluding hydrogens is 236 g/mol. The quantitative estimate of drug-likeness (QED) is 0.728. The Morgan fingerprint density at radius 1 is 1.32 bits per heavy atom. The number of pyridine rings is 1. The largest absolute Gasteiger partial charge is 0.477 e. The molecule has 1 aromatic heterocycles. The molecule has 0 bridgehead atoms. The van der Waals surface area contributed by atoms with E-state index in [0.29, 0.717) is 5.92 Å². The van der Waals surface area contributed by atoms with E-state index in [9.17, 15) is 0 Å². The summed E-state index contributed by atoms with van der Waals surface area (Å²) in [6.45, 7) is 13.4. The first-order valence-electron chi connectivity index (χ1n) is 7.35. The molecule has 108 valence electrons. The van der Waals surface area contributed by atoms with Gasteiger partial charge in [0.2, 0.25) is 5.88 Å². The summed E-state index contributed by atoms with van der Waals surface area (Å²) in [7, 11) is 0. The molecule has 0 saturated heterocycles. The Morgan fingerprint density at radius 2 is 2.05 bits per heavy atom. The van der Waals surface area contributed by atoms with Gasteiger partial charge in [-0.05, 0) is 44.4 Å². The molecule has 0 radical (unpaired) electrons. The Hall–Kier alpha value is -1.09. The lowest BCUT2D eigenvalue weighted by molar-refractivity contribution is 0.292. The predicted molar refractivity (Wildman–Crippen MR) is 80.7 cm³/mol. The second-order valence-corrected chi connectivity index (χ2v) is 5.59. The Morgan fingerprint density at radius 3 is 2.68 bits per heavy atom. The normalized spacial score (nSPS) is 11.1. The van der Waals surface area contributed by atoms with E-state index < -0.39 is 0 Å². The van der Waals surface area contributed by atoms with Crippen molar-refractivity contribution in [2.24, 2.45) is 5.92 Å². The number of rotatable bonds is 8. The standard InChI is InChI=1S/C16H28N2O/c1-6-7-8-19-16-15(11-17-10-12(2)3)13(4)9-14(5)18-16/h9,12,17H,6-8,10-11H2,1-5H3. The molecule has 0 unspecified atom stereocenters. The van der Waals surface area contributed by atoms with Gasteiger partial charge >= 0.3 is 0 Å². The third-order valence-corrected chi connectivity index (χ3v) is 3.03. The van der Waals surface area contributed by atoms with Crippen molar-refractivity contribution in [1.82, 2.24) is 10.3 Å². The predicted octanol–water partition coefficient (Wildman–Crippen LogP) is 3.62. The molecule has 19 heavy (non-hydrogen) atoms. The van der Waals surface area contributed by atoms with E-state index in [4.69, 9.17) is 4.74 Å². The van der Waals surface area contributed by atoms with Crippen molar-refractivity contribution in [1.29, 1.82) is 0 Å². The molecule has 1 heterocycles. The van der Waals surface area contributed by atoms with Gasteiger partial charge in [0, 0.05) is 17.8 Å². The highest BCUT2D eigenvalue weighted by Gasteiger charge is 2.10. The third kappa shape index (κ3) is 5.60. The Kier molecular flexibility index (Phi) is 6.85. The summed E-state index contributed by atoms with van der Waals surface area (Å²) in [6, 6.07) is 2.12. The number of nitrogens with zero attached hydrogens (tertiary/aromatic N) is 1. The van der Waals surface area contributed by atoms with Gasteiger partial charge in [0.05, 0.1) is 6.61 Å². The molecule has 1 N–H and O–H groups in total. The number of nitrogens with one attached hydrogen (secondary N) is 1. The summed E-state index contributed by atoms with van der Waals surface area (Å²) in [5.41, 5.74) is 3.48. The maximum Gasteiger partial charge on any atom is 0.218 e. The molecule has 0 saturated carbocycles. The minimum atomic E-state index is 0.656. The first kappa shape index (κ1) is 16.0. The van der Waals surface area contributed by atoms with Crippen molar-refractivity contribution >= 4 is 0 Å². The maximum absolute atomic E-state index is 5.85. The first-order chi connectivity index (χ1) is 9.04. The molecule has 1 aromatic rings. The van der Waals surface area contributed by atoms with E-state index in [2.05, 4.69) is 44.1 Å². The van der Waals surface area contributed by atoms with Crippen LogP contribution in [0, 0.1) is 19.8 Å². The summed E-state index contributed by atoms with van der Waals surface area (Å²) in [5, 5.41) is 3.47. The lowest BCUT2D eigenvalue weighted by Crippen LogP contribution is -2.20. The fraction of sp³-hybridized carbons (Fsp3) is 0.688. The fourth-order valence-electron chi connectivity index (χ4n) is 1.96. The van der Waals surface area contributed by atoms with Crippen molar-refractivity contribution in [2.75, 3.05) is 13.2 Å². The summed E-state index contributed by atoms with van der Waals surface area (Å²) in [4.78, 5) is 4.54. The van der Waals surface area contributed by atoms with Crippen LogP contribution in [0.1, 0.15) is 50.4 Å². The molecular formula is C16H28N2O. The molecule has 0 aromatic carbocycles. The molecule has 0 fully saturated rings. The van der Waals surface area contributed by atoms with Crippen molar-refractivity contribution in [3.63, 3.8) is 0 Å². The first-order valence-corrected chi connectivity index (χ1v) is 7.35. The summed E-state index contributed by atoms with van der Waals surface area (Å²) >= 11 is 0. The molecule has 0 aliphatic heterocycles. The number of unbranched alkanes of at least 4 members (excludes halogenated alkanes) is 1. The van der Waals surface area contributed by atoms with E-state index in [1.54, 1.807) is 0 Å². The Labute approximate surface area is 117 Å². The van der Waals surface area contributed by atoms with Gasteiger partial charge in [-0.3, -0.25) is 0 Å². The zero-order valence-electron chi connectivity index (χ0n) is 13.0. The van der Waals surface area contributed by atoms with Crippen LogP contribution in [0.5, 0.6) is 5.88 Å². The van der Waals surface area contributed by atoms with Gasteiger partial charge in [-0.2, -0.15) is 0 Å². The lowest BCUT2D eigenvalue weighted by atomic mass is 10.1. The van der Waals surface area contributed by atoms with Gasteiger partial charge in [-0.1, -0.05) is 27.2 Å². The van der Waals surface area contributed by atoms with Crippen LogP contribution in [0.25, 0.3) is 0 Å². The van der Waals surface area contributed by atoms with Gasteiger partial charge in [-0.15, -0.1) is 0 Å². The number of ether oxygens (including phenoxy) is 1. The van der Waals surface area contributed by atoms with Crippen LogP contribution in [-0.4, -0.2) is 18.1 Å². The number of hydrogen-bond acceptors (Lipinski definition) is 3. The van der Waals surface area contributed by atoms with Crippen molar-refractivity contribution in [3.8, 4) is 5.88 Å². The molecule has 3 heteroatoms. The summed E-state index contributed by atoms with van der Waals surface area (Å²) in [6.07, 6.45) is 2.22. The van der Waals surface area contributed by atoms with Gasteiger partial charge in [-0.25, -0.2) is 4.98 Å². The van der Waals surface area contributed by atoms with Crippen LogP contribution >= 0.6 is 0 Å². The summed E-state index contributed by atoms with van der Waals surface area (Å²) < 4.78 is 5.85. The Balaban J connectivity index is 2.74. The van der Waals surface area contributed by atoms with Crippen LogP contribution in [0.3, 0.4) is 0 Å². The highest BCUT2D eigenvalue weighted by atomic mass is 16.5. The molecule has 0 amide bonds. The maximum atomic E-state index is 5.85. The molecule has 3 nitrogen and oxygen atoms in total. The van der Waals surface area contributed by atoms with Gasteiger partial charge in [0.15, 0.2) is 0 Å². The van der Waals surface area contributed by atoms with Crippen LogP contribution < -0.4 is 10.1 Å². The number of aryl methyl sites for hydroxylation is 2. The van der Waals surface area contributed by atoms with Crippen molar-refractivity contribution < 1.29 is 4.74 Å². The van der Waals surface area contributed by atoms with Gasteiger partial charge in [0.25, 0.3) is 0 Å². The van der Waals surface area contributed by atoms with E-state index in [1.165, 1.54) is 11.1 Å². The highest BCUT2D eigenvalue weighted by Crippen LogP contribution is 2.21. The number of aromatic nitrogens is 1. The smallest absolute Gasteiger partial charge is 0.218 e. The van der Waals surface area contributed by atoms with E-state index >= 15 is 0 Å². The van der Waals surface area contributed by atoms with Crippen LogP contribution in [0.2, 0.25) is 0 Å². The molecule has 1 rings (SSSR count). The molecule has 0 atom stereocenters. The molecule has 0 aliphatic carbocycles. The second-order valence-electron chi connectivity index (χ2n) is 5.59. The third-order valence-electron chi connectivity index (χ3n) is 3.03. The van der Waals surface area contributed by atoms with Crippen LogP contribution in [-0.2, 0) is 6.54 Å². The SMILES string of the molecule is CCCCOc1nc(C)cc(C)c1CNCC(C)C. The molecule has 0 spiro atoms. The average molecular weight is 264 g/mol. The van der Waals surface area contributed by atoms with Crippen molar-refractivity contribution in [2.45, 2.75) is 54.0 Å². The van der Waals surface area contributed by atoms with Crippen LogP contribution in [0.4, 0.5) is 0 Å². The van der Waals surface area contributed by atoms with E-state index in [-0.39, 0.29) is 0 Å². The topological polar surface area (TPSA) is 34.1 Å². The monoisotopic (exact) mass is 264 g/mol. The zero-order chi connectivity index (χ0) is 14.3. The van der Waals surface area contributed by atoms with Crippen LogP contribution in [0.15, 0.2) is 6.07 Å². The fourth-order valence-corrected chi connectivity index (χ4v) is 1.96. The van der Waals surface area contributed by atoms with Gasteiger partial charge in [0.1, 0.15) is 0 Å². The van der Waals surface area contributed by atoms with E-state index in [0.717, 1.165) is 44.1 Å². The van der Waals surface area contributed by atoms with Gasteiger partial charge < -0.3 is 10.1 Å². The minimum Gasteiger partial charge on any atom is -0.477 e. The summed E-state index contributed by atoms with van der Waals surface area (Å²) in [5.74, 6) is 1.46. The van der Waals surface area contributed by atoms with E-state index in [1.807, 2.05) is 6.92 Å².